The summed E-state index contributed by atoms with van der Waals surface area (Å²) in [6.07, 6.45) is 1.10. The predicted octanol–water partition coefficient (Wildman–Crippen LogP) is 3.70. The molecule has 0 spiro atoms. The van der Waals surface area contributed by atoms with Gasteiger partial charge in [-0.05, 0) is 36.0 Å². The third-order valence-electron chi connectivity index (χ3n) is 3.85. The van der Waals surface area contributed by atoms with Gasteiger partial charge in [0.05, 0.1) is 11.0 Å². The summed E-state index contributed by atoms with van der Waals surface area (Å²) in [4.78, 5) is 0.297. The van der Waals surface area contributed by atoms with E-state index >= 15 is 0 Å². The van der Waals surface area contributed by atoms with E-state index in [0.717, 1.165) is 5.69 Å². The third-order valence-corrected chi connectivity index (χ3v) is 5.65. The lowest BCUT2D eigenvalue weighted by Crippen LogP contribution is -2.41. The normalized spacial score (nSPS) is 12.4. The fourth-order valence-electron chi connectivity index (χ4n) is 2.57. The zero-order valence-electron chi connectivity index (χ0n) is 15.3. The minimum absolute atomic E-state index is 0.221. The van der Waals surface area contributed by atoms with E-state index in [2.05, 4.69) is 11.4 Å². The maximum Gasteiger partial charge on any atom is 0.243 e. The molecule has 0 aliphatic carbocycles. The number of nitrogens with zero attached hydrogens (tertiary/aromatic N) is 2. The molecule has 1 aromatic carbocycles. The number of anilines is 1. The van der Waals surface area contributed by atoms with Gasteiger partial charge in [-0.25, -0.2) is 8.42 Å². The Morgan fingerprint density at radius 2 is 2.00 bits per heavy atom. The molecule has 1 N–H and O–H groups in total. The fraction of sp³-hybridized carbons (Fsp3) is 0.611. The van der Waals surface area contributed by atoms with Crippen LogP contribution in [0.25, 0.3) is 0 Å². The van der Waals surface area contributed by atoms with Crippen molar-refractivity contribution in [3.63, 3.8) is 0 Å². The van der Waals surface area contributed by atoms with Crippen molar-refractivity contribution in [2.24, 2.45) is 11.3 Å². The standard InChI is InChI=1S/C18H29N3O2S/c1-15(2)13-21(14-18(3,4)10-7-11-19)24(22,23)17-9-6-8-16(12-17)20-5/h6,8-9,12,15,20H,7,10,13-14H2,1-5H3. The van der Waals surface area contributed by atoms with E-state index in [4.69, 9.17) is 5.26 Å². The summed E-state index contributed by atoms with van der Waals surface area (Å²) in [6, 6.07) is 9.01. The van der Waals surface area contributed by atoms with Gasteiger partial charge in [0.25, 0.3) is 0 Å². The molecule has 0 bridgehead atoms. The Morgan fingerprint density at radius 1 is 1.33 bits per heavy atom. The van der Waals surface area contributed by atoms with E-state index < -0.39 is 10.0 Å². The van der Waals surface area contributed by atoms with E-state index in [1.165, 1.54) is 0 Å². The van der Waals surface area contributed by atoms with Crippen LogP contribution in [0.4, 0.5) is 5.69 Å². The topological polar surface area (TPSA) is 73.2 Å². The quantitative estimate of drug-likeness (QED) is 0.736. The summed E-state index contributed by atoms with van der Waals surface area (Å²) in [7, 11) is -1.81. The number of rotatable bonds is 9. The molecule has 0 aliphatic heterocycles. The first-order chi connectivity index (χ1) is 11.1. The van der Waals surface area contributed by atoms with Gasteiger partial charge in [0, 0.05) is 32.2 Å². The second kappa shape index (κ2) is 8.50. The summed E-state index contributed by atoms with van der Waals surface area (Å²) < 4.78 is 27.8. The molecule has 0 fully saturated rings. The maximum atomic E-state index is 13.1. The zero-order valence-corrected chi connectivity index (χ0v) is 16.2. The van der Waals surface area contributed by atoms with Crippen LogP contribution in [-0.4, -0.2) is 32.9 Å². The number of sulfonamides is 1. The molecule has 0 saturated heterocycles. The van der Waals surface area contributed by atoms with E-state index in [-0.39, 0.29) is 11.3 Å². The summed E-state index contributed by atoms with van der Waals surface area (Å²) in [5, 5.41) is 11.8. The summed E-state index contributed by atoms with van der Waals surface area (Å²) >= 11 is 0. The van der Waals surface area contributed by atoms with Crippen LogP contribution in [0.1, 0.15) is 40.5 Å². The second-order valence-corrected chi connectivity index (χ2v) is 9.23. The molecule has 134 valence electrons. The number of hydrogen-bond donors (Lipinski definition) is 1. The lowest BCUT2D eigenvalue weighted by Gasteiger charge is -2.32. The van der Waals surface area contributed by atoms with E-state index in [1.807, 2.05) is 33.8 Å². The van der Waals surface area contributed by atoms with Gasteiger partial charge in [-0.2, -0.15) is 9.57 Å². The van der Waals surface area contributed by atoms with Gasteiger partial charge in [0.2, 0.25) is 10.0 Å². The Hall–Kier alpha value is -1.58. The lowest BCUT2D eigenvalue weighted by molar-refractivity contribution is 0.232. The predicted molar refractivity (Wildman–Crippen MR) is 98.2 cm³/mol. The molecule has 24 heavy (non-hydrogen) atoms. The van der Waals surface area contributed by atoms with E-state index in [0.29, 0.717) is 30.8 Å². The van der Waals surface area contributed by atoms with Crippen LogP contribution in [0, 0.1) is 22.7 Å². The second-order valence-electron chi connectivity index (χ2n) is 7.29. The van der Waals surface area contributed by atoms with Crippen LogP contribution in [0.3, 0.4) is 0 Å². The molecule has 0 atom stereocenters. The van der Waals surface area contributed by atoms with Crippen LogP contribution in [0.15, 0.2) is 29.2 Å². The van der Waals surface area contributed by atoms with Crippen LogP contribution in [0.5, 0.6) is 0 Å². The average Bonchev–Trinajstić information content (AvgIpc) is 2.51. The highest BCUT2D eigenvalue weighted by Gasteiger charge is 2.31. The van der Waals surface area contributed by atoms with Crippen LogP contribution < -0.4 is 5.32 Å². The number of hydrogen-bond acceptors (Lipinski definition) is 4. The highest BCUT2D eigenvalue weighted by molar-refractivity contribution is 7.89. The lowest BCUT2D eigenvalue weighted by atomic mass is 9.88. The highest BCUT2D eigenvalue weighted by Crippen LogP contribution is 2.28. The van der Waals surface area contributed by atoms with Crippen molar-refractivity contribution < 1.29 is 8.42 Å². The van der Waals surface area contributed by atoms with Crippen molar-refractivity contribution in [1.82, 2.24) is 4.31 Å². The third kappa shape index (κ3) is 5.81. The van der Waals surface area contributed by atoms with Crippen LogP contribution >= 0.6 is 0 Å². The molecule has 0 amide bonds. The fourth-order valence-corrected chi connectivity index (χ4v) is 4.41. The monoisotopic (exact) mass is 351 g/mol. The van der Waals surface area contributed by atoms with Crippen molar-refractivity contribution in [2.45, 2.75) is 45.4 Å². The largest absolute Gasteiger partial charge is 0.388 e. The molecule has 1 rings (SSSR count). The van der Waals surface area contributed by atoms with Crippen molar-refractivity contribution in [3.05, 3.63) is 24.3 Å². The molecule has 1 aromatic rings. The van der Waals surface area contributed by atoms with Crippen molar-refractivity contribution in [2.75, 3.05) is 25.5 Å². The van der Waals surface area contributed by atoms with Crippen molar-refractivity contribution >= 4 is 15.7 Å². The number of nitrogens with one attached hydrogen (secondary N) is 1. The molecular formula is C18H29N3O2S. The van der Waals surface area contributed by atoms with Gasteiger partial charge in [-0.1, -0.05) is 33.8 Å². The van der Waals surface area contributed by atoms with Crippen molar-refractivity contribution in [1.29, 1.82) is 5.26 Å². The van der Waals surface area contributed by atoms with Gasteiger partial charge in [0.15, 0.2) is 0 Å². The van der Waals surface area contributed by atoms with Crippen molar-refractivity contribution in [3.8, 4) is 6.07 Å². The molecule has 0 radical (unpaired) electrons. The first-order valence-electron chi connectivity index (χ1n) is 8.27. The Bertz CT molecular complexity index is 676. The van der Waals surface area contributed by atoms with Gasteiger partial charge in [-0.15, -0.1) is 0 Å². The van der Waals surface area contributed by atoms with Crippen LogP contribution in [-0.2, 0) is 10.0 Å². The summed E-state index contributed by atoms with van der Waals surface area (Å²) in [5.74, 6) is 0.221. The number of nitriles is 1. The summed E-state index contributed by atoms with van der Waals surface area (Å²) in [6.45, 7) is 8.90. The highest BCUT2D eigenvalue weighted by atomic mass is 32.2. The molecule has 6 heteroatoms. The van der Waals surface area contributed by atoms with Gasteiger partial charge in [0.1, 0.15) is 0 Å². The van der Waals surface area contributed by atoms with Crippen LogP contribution in [0.2, 0.25) is 0 Å². The Kier molecular flexibility index (Phi) is 7.25. The molecular weight excluding hydrogens is 322 g/mol. The van der Waals surface area contributed by atoms with E-state index in [9.17, 15) is 8.42 Å². The Balaban J connectivity index is 3.16. The minimum atomic E-state index is -3.58. The minimum Gasteiger partial charge on any atom is -0.388 e. The molecule has 0 aromatic heterocycles. The molecule has 0 aliphatic rings. The Morgan fingerprint density at radius 3 is 2.54 bits per heavy atom. The first kappa shape index (κ1) is 20.5. The van der Waals surface area contributed by atoms with Gasteiger partial charge < -0.3 is 5.32 Å². The molecule has 0 saturated carbocycles. The molecule has 5 nitrogen and oxygen atoms in total. The number of benzene rings is 1. The van der Waals surface area contributed by atoms with Gasteiger partial charge >= 0.3 is 0 Å². The summed E-state index contributed by atoms with van der Waals surface area (Å²) in [5.41, 5.74) is 0.516. The molecule has 0 unspecified atom stereocenters. The zero-order chi connectivity index (χ0) is 18.4. The molecule has 0 heterocycles. The maximum absolute atomic E-state index is 13.1. The first-order valence-corrected chi connectivity index (χ1v) is 9.71. The Labute approximate surface area is 146 Å². The van der Waals surface area contributed by atoms with Gasteiger partial charge in [-0.3, -0.25) is 0 Å². The average molecular weight is 352 g/mol. The SMILES string of the molecule is CNc1cccc(S(=O)(=O)N(CC(C)C)CC(C)(C)CCC#N)c1. The van der Waals surface area contributed by atoms with E-state index in [1.54, 1.807) is 29.6 Å². The smallest absolute Gasteiger partial charge is 0.243 e.